The molecule has 1 unspecified atom stereocenters. The Morgan fingerprint density at radius 1 is 0.893 bits per heavy atom. The van der Waals surface area contributed by atoms with Crippen LogP contribution in [-0.2, 0) is 0 Å². The zero-order chi connectivity index (χ0) is 22.8. The van der Waals surface area contributed by atoms with Crippen LogP contribution >= 0.6 is 0 Å². The van der Waals surface area contributed by atoms with Crippen molar-refractivity contribution < 1.29 is 23.1 Å². The molecule has 0 bridgehead atoms. The van der Waals surface area contributed by atoms with E-state index in [0.717, 1.165) is 23.3 Å². The lowest BCUT2D eigenvalue weighted by atomic mass is 9.85. The van der Waals surface area contributed by atoms with Gasteiger partial charge in [-0.15, -0.1) is 5.10 Å². The van der Waals surface area contributed by atoms with E-state index in [9.17, 15) is 0 Å². The van der Waals surface area contributed by atoms with Crippen molar-refractivity contribution in [2.24, 2.45) is 10.2 Å². The lowest BCUT2D eigenvalue weighted by molar-refractivity contribution is 0.354. The van der Waals surface area contributed by atoms with Gasteiger partial charge in [-0.1, -0.05) is 6.92 Å². The predicted octanol–water partition coefficient (Wildman–Crippen LogP) is 4.44. The van der Waals surface area contributed by atoms with E-state index < -0.39 is 7.04 Å². The summed E-state index contributed by atoms with van der Waals surface area (Å²) in [6.45, 7) is 4.05. The van der Waals surface area contributed by atoms with Gasteiger partial charge in [0.1, 0.15) is 5.71 Å². The lowest BCUT2D eigenvalue weighted by Gasteiger charge is -2.20. The highest BCUT2D eigenvalue weighted by Gasteiger charge is 2.26. The van der Waals surface area contributed by atoms with Crippen molar-refractivity contribution in [2.75, 3.05) is 28.4 Å². The summed E-state index contributed by atoms with van der Waals surface area (Å²) < 4.78 is 43.5. The van der Waals surface area contributed by atoms with Gasteiger partial charge in [0.15, 0.2) is 23.0 Å². The second kappa shape index (κ2) is 8.33. The molecule has 0 N–H and O–H groups in total. The van der Waals surface area contributed by atoms with Crippen molar-refractivity contribution in [3.63, 3.8) is 0 Å². The topological polar surface area (TPSA) is 61.6 Å². The molecule has 0 radical (unpaired) electrons. The van der Waals surface area contributed by atoms with Gasteiger partial charge in [-0.25, -0.2) is 0 Å². The molecule has 0 aliphatic carbocycles. The zero-order valence-electron chi connectivity index (χ0n) is 19.7. The van der Waals surface area contributed by atoms with E-state index in [-0.39, 0.29) is 17.4 Å². The highest BCUT2D eigenvalue weighted by atomic mass is 16.5. The molecule has 0 saturated carbocycles. The molecule has 3 rings (SSSR count). The van der Waals surface area contributed by atoms with Crippen molar-refractivity contribution in [1.82, 2.24) is 0 Å². The summed E-state index contributed by atoms with van der Waals surface area (Å²) in [5.41, 5.74) is 4.10. The minimum Gasteiger partial charge on any atom is -0.493 e. The lowest BCUT2D eigenvalue weighted by Crippen LogP contribution is -2.13. The van der Waals surface area contributed by atoms with Crippen LogP contribution in [0.3, 0.4) is 0 Å². The predicted molar refractivity (Wildman–Crippen MR) is 111 cm³/mol. The number of fused-ring (bicyclic) bond motifs is 1. The Hall–Kier alpha value is -3.02. The largest absolute Gasteiger partial charge is 0.493 e. The SMILES string of the molecule is [2H][13C]([2H])([2H])Oc1ccc(C2=NN=C(C)C(CC)c3cc(OC)c(OC)cc32)cc1OC. The van der Waals surface area contributed by atoms with Crippen LogP contribution in [-0.4, -0.2) is 39.8 Å². The van der Waals surface area contributed by atoms with Crippen LogP contribution in [0.1, 0.15) is 47.0 Å². The van der Waals surface area contributed by atoms with E-state index in [4.69, 9.17) is 23.1 Å². The highest BCUT2D eigenvalue weighted by Crippen LogP contribution is 2.39. The zero-order valence-corrected chi connectivity index (χ0v) is 16.7. The summed E-state index contributed by atoms with van der Waals surface area (Å²) in [6, 6.07) is 8.84. The molecule has 148 valence electrons. The monoisotopic (exact) mass is 386 g/mol. The first-order valence-electron chi connectivity index (χ1n) is 10.5. The third kappa shape index (κ3) is 3.42. The summed E-state index contributed by atoms with van der Waals surface area (Å²) in [5.74, 6) is 1.69. The van der Waals surface area contributed by atoms with E-state index in [1.54, 1.807) is 32.4 Å². The normalized spacial score (nSPS) is 17.8. The van der Waals surface area contributed by atoms with Crippen molar-refractivity contribution in [2.45, 2.75) is 26.2 Å². The Balaban J connectivity index is 2.20. The van der Waals surface area contributed by atoms with Crippen LogP contribution in [0.4, 0.5) is 0 Å². The number of rotatable bonds is 6. The maximum atomic E-state index is 7.35. The Labute approximate surface area is 170 Å². The standard InChI is InChI=1S/C22H26N2O4/c1-7-15-13(2)23-24-22(14-8-9-18(25-3)19(10-14)26-4)17-12-21(28-6)20(27-5)11-16(15)17/h8-12,15H,7H2,1-6H3/i3+1D3. The molecule has 1 atom stereocenters. The van der Waals surface area contributed by atoms with Crippen molar-refractivity contribution in [3.8, 4) is 23.0 Å². The molecule has 2 aromatic rings. The molecule has 1 aliphatic heterocycles. The van der Waals surface area contributed by atoms with E-state index in [1.807, 2.05) is 19.1 Å². The van der Waals surface area contributed by atoms with Gasteiger partial charge in [0.2, 0.25) is 0 Å². The molecule has 2 aromatic carbocycles. The molecule has 0 aromatic heterocycles. The molecule has 6 nitrogen and oxygen atoms in total. The average Bonchev–Trinajstić information content (AvgIpc) is 2.87. The Bertz CT molecular complexity index is 1030. The second-order valence-electron chi connectivity index (χ2n) is 6.41. The smallest absolute Gasteiger partial charge is 0.161 e. The van der Waals surface area contributed by atoms with Crippen LogP contribution in [0.25, 0.3) is 0 Å². The summed E-state index contributed by atoms with van der Waals surface area (Å²) in [7, 11) is 2.06. The van der Waals surface area contributed by atoms with Crippen LogP contribution < -0.4 is 18.9 Å². The molecule has 6 heteroatoms. The van der Waals surface area contributed by atoms with E-state index in [1.165, 1.54) is 7.11 Å². The van der Waals surface area contributed by atoms with E-state index >= 15 is 0 Å². The second-order valence-corrected chi connectivity index (χ2v) is 6.41. The first-order chi connectivity index (χ1) is 14.7. The van der Waals surface area contributed by atoms with Gasteiger partial charge in [-0.3, -0.25) is 0 Å². The molecular weight excluding hydrogens is 357 g/mol. The van der Waals surface area contributed by atoms with Crippen LogP contribution in [0.15, 0.2) is 40.5 Å². The molecule has 28 heavy (non-hydrogen) atoms. The number of hydrogen-bond acceptors (Lipinski definition) is 6. The van der Waals surface area contributed by atoms with Gasteiger partial charge in [-0.05, 0) is 49.2 Å². The van der Waals surface area contributed by atoms with Gasteiger partial charge < -0.3 is 18.9 Å². The fraction of sp³-hybridized carbons (Fsp3) is 0.364. The minimum absolute atomic E-state index is 0.0659. The average molecular weight is 386 g/mol. The number of nitrogens with zero attached hydrogens (tertiary/aromatic N) is 2. The molecule has 0 spiro atoms. The highest BCUT2D eigenvalue weighted by molar-refractivity contribution is 6.16. The fourth-order valence-electron chi connectivity index (χ4n) is 3.49. The summed E-state index contributed by atoms with van der Waals surface area (Å²) in [6.07, 6.45) is 0.843. The maximum Gasteiger partial charge on any atom is 0.161 e. The molecular formula is C22H26N2O4. The maximum absolute atomic E-state index is 7.35. The summed E-state index contributed by atoms with van der Waals surface area (Å²) in [5, 5.41) is 8.98. The van der Waals surface area contributed by atoms with Crippen LogP contribution in [0, 0.1) is 0 Å². The Kier molecular flexibility index (Phi) is 4.76. The van der Waals surface area contributed by atoms with Crippen molar-refractivity contribution in [1.29, 1.82) is 0 Å². The molecule has 0 amide bonds. The third-order valence-corrected chi connectivity index (χ3v) is 4.95. The summed E-state index contributed by atoms with van der Waals surface area (Å²) >= 11 is 0. The number of benzene rings is 2. The van der Waals surface area contributed by atoms with Crippen molar-refractivity contribution in [3.05, 3.63) is 47.0 Å². The molecule has 1 heterocycles. The molecule has 0 saturated heterocycles. The quantitative estimate of drug-likeness (QED) is 0.689. The van der Waals surface area contributed by atoms with Gasteiger partial charge in [0.25, 0.3) is 0 Å². The van der Waals surface area contributed by atoms with Gasteiger partial charge in [0.05, 0.1) is 32.5 Å². The van der Waals surface area contributed by atoms with Gasteiger partial charge >= 0.3 is 0 Å². The third-order valence-electron chi connectivity index (χ3n) is 4.95. The summed E-state index contributed by atoms with van der Waals surface area (Å²) in [4.78, 5) is 0. The minimum atomic E-state index is -2.58. The number of ether oxygens (including phenoxy) is 4. The van der Waals surface area contributed by atoms with E-state index in [0.29, 0.717) is 22.8 Å². The number of methoxy groups -OCH3 is 4. The van der Waals surface area contributed by atoms with Crippen LogP contribution in [0.5, 0.6) is 23.0 Å². The number of hydrogen-bond donors (Lipinski definition) is 0. The molecule has 0 fully saturated rings. The molecule has 1 aliphatic rings. The van der Waals surface area contributed by atoms with E-state index in [2.05, 4.69) is 17.1 Å². The van der Waals surface area contributed by atoms with Gasteiger partial charge in [0, 0.05) is 22.8 Å². The van der Waals surface area contributed by atoms with Crippen molar-refractivity contribution >= 4 is 11.4 Å². The first-order valence-corrected chi connectivity index (χ1v) is 8.98. The van der Waals surface area contributed by atoms with Gasteiger partial charge in [-0.2, -0.15) is 5.10 Å². The fourth-order valence-corrected chi connectivity index (χ4v) is 3.49. The Morgan fingerprint density at radius 3 is 2.21 bits per heavy atom. The first kappa shape index (κ1) is 16.0. The Morgan fingerprint density at radius 2 is 1.57 bits per heavy atom. The van der Waals surface area contributed by atoms with Crippen LogP contribution in [0.2, 0.25) is 0 Å².